The Morgan fingerprint density at radius 1 is 1.03 bits per heavy atom. The number of sulfonamides is 1. The highest BCUT2D eigenvalue weighted by Gasteiger charge is 2.26. The van der Waals surface area contributed by atoms with Gasteiger partial charge in [0.15, 0.2) is 0 Å². The highest BCUT2D eigenvalue weighted by molar-refractivity contribution is 7.92. The molecule has 32 heavy (non-hydrogen) atoms. The molecule has 0 aliphatic rings. The molecule has 0 amide bonds. The van der Waals surface area contributed by atoms with Crippen LogP contribution in [0.4, 0.5) is 5.69 Å². The lowest BCUT2D eigenvalue weighted by atomic mass is 9.97. The van der Waals surface area contributed by atoms with Crippen molar-refractivity contribution in [3.05, 3.63) is 80.8 Å². The molecule has 0 saturated heterocycles. The summed E-state index contributed by atoms with van der Waals surface area (Å²) in [5.74, 6) is -1.03. The Balaban J connectivity index is 2.21. The molecule has 12 heteroatoms. The zero-order valence-electron chi connectivity index (χ0n) is 16.3. The SMILES string of the molecule is Cc1ccc(S(=O)(=O)Nn2c(O)c(C#N)c(-c3ccc(N([O-])O)cc3)c(C#N)c2=O)cc1. The lowest BCUT2D eigenvalue weighted by molar-refractivity contribution is 0.296. The topological polar surface area (TPSA) is 183 Å². The molecular formula is C20H14N5O6S-. The van der Waals surface area contributed by atoms with E-state index in [4.69, 9.17) is 5.21 Å². The Kier molecular flexibility index (Phi) is 5.87. The van der Waals surface area contributed by atoms with Crippen LogP contribution in [0.5, 0.6) is 5.88 Å². The number of rotatable bonds is 5. The standard InChI is InChI=1S/C20H14N5O6S/c1-12-2-8-15(9-3-12)32(30,31)23-24-19(26)16(10-21)18(17(11-22)20(24)27)13-4-6-14(7-5-13)25(28)29/h2-9,23,26,28H,1H3/q-1. The van der Waals surface area contributed by atoms with Gasteiger partial charge in [-0.25, -0.2) is 4.83 Å². The third-order valence-electron chi connectivity index (χ3n) is 4.50. The first-order valence-electron chi connectivity index (χ1n) is 8.79. The third kappa shape index (κ3) is 3.97. The summed E-state index contributed by atoms with van der Waals surface area (Å²) < 4.78 is 25.5. The predicted molar refractivity (Wildman–Crippen MR) is 113 cm³/mol. The maximum atomic E-state index is 12.9. The quantitative estimate of drug-likeness (QED) is 0.487. The summed E-state index contributed by atoms with van der Waals surface area (Å²) in [5.41, 5.74) is -1.92. The summed E-state index contributed by atoms with van der Waals surface area (Å²) in [6.07, 6.45) is 0. The van der Waals surface area contributed by atoms with Gasteiger partial charge in [-0.1, -0.05) is 29.8 Å². The van der Waals surface area contributed by atoms with Crippen LogP contribution < -0.4 is 15.6 Å². The summed E-state index contributed by atoms with van der Waals surface area (Å²) >= 11 is 0. The average molecular weight is 452 g/mol. The van der Waals surface area contributed by atoms with Crippen LogP contribution in [0.1, 0.15) is 16.7 Å². The van der Waals surface area contributed by atoms with E-state index in [1.807, 2.05) is 4.83 Å². The van der Waals surface area contributed by atoms with Crippen LogP contribution in [-0.2, 0) is 10.0 Å². The van der Waals surface area contributed by atoms with E-state index in [0.29, 0.717) is 0 Å². The van der Waals surface area contributed by atoms with E-state index < -0.39 is 37.8 Å². The monoisotopic (exact) mass is 452 g/mol. The van der Waals surface area contributed by atoms with Crippen molar-refractivity contribution in [1.82, 2.24) is 4.68 Å². The number of aromatic nitrogens is 1. The van der Waals surface area contributed by atoms with Gasteiger partial charge in [-0.15, -0.1) is 0 Å². The maximum absolute atomic E-state index is 12.9. The molecule has 0 radical (unpaired) electrons. The second kappa shape index (κ2) is 8.41. The first-order valence-corrected chi connectivity index (χ1v) is 10.3. The fourth-order valence-corrected chi connectivity index (χ4v) is 3.90. The molecule has 3 rings (SSSR count). The van der Waals surface area contributed by atoms with Crippen molar-refractivity contribution in [3.8, 4) is 29.1 Å². The molecule has 3 N–H and O–H groups in total. The Morgan fingerprint density at radius 2 is 1.59 bits per heavy atom. The fraction of sp³-hybridized carbons (Fsp3) is 0.0500. The molecule has 0 unspecified atom stereocenters. The van der Waals surface area contributed by atoms with Crippen molar-refractivity contribution in [2.24, 2.45) is 0 Å². The van der Waals surface area contributed by atoms with Crippen LogP contribution in [-0.4, -0.2) is 23.4 Å². The molecule has 0 atom stereocenters. The number of hydrogen-bond acceptors (Lipinski definition) is 9. The van der Waals surface area contributed by atoms with Crippen molar-refractivity contribution in [3.63, 3.8) is 0 Å². The van der Waals surface area contributed by atoms with Gasteiger partial charge in [0.1, 0.15) is 23.3 Å². The van der Waals surface area contributed by atoms with Gasteiger partial charge in [0, 0.05) is 5.56 Å². The van der Waals surface area contributed by atoms with Crippen molar-refractivity contribution in [2.45, 2.75) is 11.8 Å². The smallest absolute Gasteiger partial charge is 0.291 e. The van der Waals surface area contributed by atoms with E-state index in [0.717, 1.165) is 17.7 Å². The van der Waals surface area contributed by atoms with Crippen molar-refractivity contribution >= 4 is 15.7 Å². The molecule has 0 bridgehead atoms. The average Bonchev–Trinajstić information content (AvgIpc) is 2.76. The minimum Gasteiger partial charge on any atom is -0.733 e. The number of hydrogen-bond donors (Lipinski definition) is 3. The van der Waals surface area contributed by atoms with Crippen LogP contribution in [0.15, 0.2) is 58.2 Å². The van der Waals surface area contributed by atoms with Crippen LogP contribution in [0.2, 0.25) is 0 Å². The first-order chi connectivity index (χ1) is 15.1. The molecule has 1 heterocycles. The van der Waals surface area contributed by atoms with Crippen molar-refractivity contribution in [1.29, 1.82) is 10.5 Å². The normalized spacial score (nSPS) is 10.8. The molecule has 162 valence electrons. The Morgan fingerprint density at radius 3 is 2.09 bits per heavy atom. The number of benzene rings is 2. The zero-order valence-corrected chi connectivity index (χ0v) is 17.2. The summed E-state index contributed by atoms with van der Waals surface area (Å²) in [6.45, 7) is 1.75. The van der Waals surface area contributed by atoms with Gasteiger partial charge in [-0.2, -0.15) is 23.6 Å². The zero-order chi connectivity index (χ0) is 23.6. The minimum atomic E-state index is -4.35. The van der Waals surface area contributed by atoms with E-state index in [1.165, 1.54) is 36.4 Å². The molecule has 0 fully saturated rings. The minimum absolute atomic E-state index is 0.102. The van der Waals surface area contributed by atoms with Gasteiger partial charge in [0.05, 0.1) is 10.6 Å². The Hall–Kier alpha value is -4.36. The summed E-state index contributed by atoms with van der Waals surface area (Å²) in [5, 5.41) is 49.2. The van der Waals surface area contributed by atoms with Gasteiger partial charge < -0.3 is 15.5 Å². The molecule has 2 aromatic carbocycles. The molecule has 11 nitrogen and oxygen atoms in total. The second-order valence-electron chi connectivity index (χ2n) is 6.54. The van der Waals surface area contributed by atoms with Gasteiger partial charge in [0.25, 0.3) is 15.6 Å². The fourth-order valence-electron chi connectivity index (χ4n) is 2.89. The highest BCUT2D eigenvalue weighted by Crippen LogP contribution is 2.32. The van der Waals surface area contributed by atoms with Crippen LogP contribution >= 0.6 is 0 Å². The second-order valence-corrected chi connectivity index (χ2v) is 8.20. The molecule has 0 aliphatic heterocycles. The number of pyridine rings is 1. The highest BCUT2D eigenvalue weighted by atomic mass is 32.2. The lowest BCUT2D eigenvalue weighted by Crippen LogP contribution is -2.35. The van der Waals surface area contributed by atoms with Gasteiger partial charge >= 0.3 is 0 Å². The lowest BCUT2D eigenvalue weighted by Gasteiger charge is -2.21. The van der Waals surface area contributed by atoms with Crippen molar-refractivity contribution in [2.75, 3.05) is 10.1 Å². The predicted octanol–water partition coefficient (Wildman–Crippen LogP) is 1.90. The van der Waals surface area contributed by atoms with E-state index in [1.54, 1.807) is 19.1 Å². The van der Waals surface area contributed by atoms with Gasteiger partial charge in [-0.3, -0.25) is 10.0 Å². The largest absolute Gasteiger partial charge is 0.733 e. The van der Waals surface area contributed by atoms with Crippen LogP contribution in [0.3, 0.4) is 0 Å². The van der Waals surface area contributed by atoms with Gasteiger partial charge in [-0.05, 0) is 36.8 Å². The molecule has 0 spiro atoms. The van der Waals surface area contributed by atoms with Crippen molar-refractivity contribution < 1.29 is 18.7 Å². The van der Waals surface area contributed by atoms with Gasteiger partial charge in [0.2, 0.25) is 5.88 Å². The van der Waals surface area contributed by atoms with E-state index in [9.17, 15) is 34.0 Å². The number of anilines is 1. The molecule has 0 aliphatic carbocycles. The number of nitrogens with one attached hydrogen (secondary N) is 1. The molecule has 1 aromatic heterocycles. The first kappa shape index (κ1) is 22.3. The summed E-state index contributed by atoms with van der Waals surface area (Å²) in [7, 11) is -4.35. The Bertz CT molecular complexity index is 1430. The number of aryl methyl sites for hydroxylation is 1. The van der Waals surface area contributed by atoms with Crippen LogP contribution in [0, 0.1) is 34.8 Å². The maximum Gasteiger partial charge on any atom is 0.291 e. The van der Waals surface area contributed by atoms with E-state index >= 15 is 0 Å². The molecule has 0 saturated carbocycles. The number of aromatic hydroxyl groups is 1. The summed E-state index contributed by atoms with van der Waals surface area (Å²) in [4.78, 5) is 14.5. The summed E-state index contributed by atoms with van der Waals surface area (Å²) in [6, 6.07) is 13.7. The third-order valence-corrected chi connectivity index (χ3v) is 5.81. The van der Waals surface area contributed by atoms with E-state index in [2.05, 4.69) is 0 Å². The van der Waals surface area contributed by atoms with E-state index in [-0.39, 0.29) is 26.4 Å². The number of nitriles is 2. The molecule has 3 aromatic rings. The molecular weight excluding hydrogens is 438 g/mol. The number of nitrogens with zero attached hydrogens (tertiary/aromatic N) is 4. The van der Waals surface area contributed by atoms with Crippen LogP contribution in [0.25, 0.3) is 11.1 Å². The Labute approximate surface area is 181 Å².